The lowest BCUT2D eigenvalue weighted by atomic mass is 10.0. The summed E-state index contributed by atoms with van der Waals surface area (Å²) in [5.74, 6) is -0.108. The highest BCUT2D eigenvalue weighted by Gasteiger charge is 2.20. The van der Waals surface area contributed by atoms with Gasteiger partial charge in [0.05, 0.1) is 17.0 Å². The van der Waals surface area contributed by atoms with Crippen LogP contribution in [0.1, 0.15) is 22.3 Å². The van der Waals surface area contributed by atoms with Gasteiger partial charge in [-0.1, -0.05) is 48.0 Å². The van der Waals surface area contributed by atoms with Gasteiger partial charge in [0.15, 0.2) is 0 Å². The van der Waals surface area contributed by atoms with Crippen LogP contribution in [0, 0.1) is 20.8 Å². The fourth-order valence-electron chi connectivity index (χ4n) is 3.46. The Morgan fingerprint density at radius 3 is 2.03 bits per heavy atom. The molecule has 3 aromatic rings. The van der Waals surface area contributed by atoms with Crippen molar-refractivity contribution in [3.8, 4) is 0 Å². The van der Waals surface area contributed by atoms with Crippen molar-refractivity contribution in [2.24, 2.45) is 0 Å². The smallest absolute Gasteiger partial charge is 0.264 e. The Balaban J connectivity index is 1.71. The van der Waals surface area contributed by atoms with Gasteiger partial charge in [-0.3, -0.25) is 9.10 Å². The zero-order chi connectivity index (χ0) is 21.9. The standard InChI is InChI=1S/C24H26N2O3S/c1-17-14-18(2)24(19(3)15-17)25-23(27)16-20-10-12-21(13-11-20)26(4)30(28,29)22-8-6-5-7-9-22/h5-15H,16H2,1-4H3,(H,25,27). The van der Waals surface area contributed by atoms with Crippen LogP contribution in [0.3, 0.4) is 0 Å². The summed E-state index contributed by atoms with van der Waals surface area (Å²) in [5.41, 5.74) is 5.41. The Bertz CT molecular complexity index is 1130. The van der Waals surface area contributed by atoms with Crippen molar-refractivity contribution in [1.82, 2.24) is 0 Å². The number of nitrogens with zero attached hydrogens (tertiary/aromatic N) is 1. The summed E-state index contributed by atoms with van der Waals surface area (Å²) in [6, 6.07) is 19.4. The summed E-state index contributed by atoms with van der Waals surface area (Å²) in [6.45, 7) is 5.99. The Morgan fingerprint density at radius 1 is 0.900 bits per heavy atom. The molecular weight excluding hydrogens is 396 g/mol. The number of carbonyl (C=O) groups is 1. The molecule has 0 unspecified atom stereocenters. The van der Waals surface area contributed by atoms with Crippen molar-refractivity contribution in [3.63, 3.8) is 0 Å². The predicted octanol–water partition coefficient (Wildman–Crippen LogP) is 4.62. The quantitative estimate of drug-likeness (QED) is 0.630. The lowest BCUT2D eigenvalue weighted by Crippen LogP contribution is -2.26. The lowest BCUT2D eigenvalue weighted by Gasteiger charge is -2.20. The molecule has 0 saturated carbocycles. The monoisotopic (exact) mass is 422 g/mol. The molecule has 0 radical (unpaired) electrons. The van der Waals surface area contributed by atoms with E-state index in [1.165, 1.54) is 11.4 Å². The molecule has 0 saturated heterocycles. The third kappa shape index (κ3) is 4.71. The molecule has 0 aliphatic heterocycles. The van der Waals surface area contributed by atoms with E-state index < -0.39 is 10.0 Å². The molecule has 5 nitrogen and oxygen atoms in total. The molecule has 0 fully saturated rings. The maximum Gasteiger partial charge on any atom is 0.264 e. The van der Waals surface area contributed by atoms with Crippen molar-refractivity contribution in [2.45, 2.75) is 32.1 Å². The largest absolute Gasteiger partial charge is 0.325 e. The molecule has 3 aromatic carbocycles. The maximum atomic E-state index is 12.7. The van der Waals surface area contributed by atoms with Crippen LogP contribution in [0.15, 0.2) is 71.6 Å². The van der Waals surface area contributed by atoms with E-state index in [4.69, 9.17) is 0 Å². The maximum absolute atomic E-state index is 12.7. The highest BCUT2D eigenvalue weighted by Crippen LogP contribution is 2.24. The van der Waals surface area contributed by atoms with E-state index in [0.29, 0.717) is 5.69 Å². The average molecular weight is 423 g/mol. The second-order valence-electron chi connectivity index (χ2n) is 7.45. The lowest BCUT2D eigenvalue weighted by molar-refractivity contribution is -0.115. The van der Waals surface area contributed by atoms with Gasteiger partial charge in [0.25, 0.3) is 10.0 Å². The molecule has 6 heteroatoms. The van der Waals surface area contributed by atoms with Gasteiger partial charge in [-0.2, -0.15) is 0 Å². The van der Waals surface area contributed by atoms with Crippen molar-refractivity contribution in [3.05, 3.63) is 89.0 Å². The van der Waals surface area contributed by atoms with Crippen LogP contribution >= 0.6 is 0 Å². The molecular formula is C24H26N2O3S. The Kier molecular flexibility index (Phi) is 6.27. The number of hydrogen-bond acceptors (Lipinski definition) is 3. The van der Waals surface area contributed by atoms with E-state index in [9.17, 15) is 13.2 Å². The van der Waals surface area contributed by atoms with Gasteiger partial charge in [0, 0.05) is 12.7 Å². The number of hydrogen-bond donors (Lipinski definition) is 1. The normalized spacial score (nSPS) is 11.2. The Hall–Kier alpha value is -3.12. The summed E-state index contributed by atoms with van der Waals surface area (Å²) in [4.78, 5) is 12.8. The second kappa shape index (κ2) is 8.71. The van der Waals surface area contributed by atoms with Gasteiger partial charge in [0.2, 0.25) is 5.91 Å². The molecule has 3 rings (SSSR count). The molecule has 0 bridgehead atoms. The second-order valence-corrected chi connectivity index (χ2v) is 9.42. The Labute approximate surface area is 178 Å². The molecule has 156 valence electrons. The number of anilines is 2. The third-order valence-corrected chi connectivity index (χ3v) is 6.81. The molecule has 0 heterocycles. The molecule has 1 N–H and O–H groups in total. The van der Waals surface area contributed by atoms with Crippen molar-refractivity contribution in [1.29, 1.82) is 0 Å². The van der Waals surface area contributed by atoms with Gasteiger partial charge < -0.3 is 5.32 Å². The molecule has 0 spiro atoms. The Morgan fingerprint density at radius 2 is 1.47 bits per heavy atom. The molecule has 1 amide bonds. The van der Waals surface area contributed by atoms with Crippen molar-refractivity contribution in [2.75, 3.05) is 16.7 Å². The van der Waals surface area contributed by atoms with Crippen molar-refractivity contribution >= 4 is 27.3 Å². The minimum Gasteiger partial charge on any atom is -0.325 e. The van der Waals surface area contributed by atoms with Crippen molar-refractivity contribution < 1.29 is 13.2 Å². The first kappa shape index (κ1) is 21.6. The first-order valence-electron chi connectivity index (χ1n) is 9.69. The van der Waals surface area contributed by atoms with E-state index in [0.717, 1.165) is 27.9 Å². The SMILES string of the molecule is Cc1cc(C)c(NC(=O)Cc2ccc(N(C)S(=O)(=O)c3ccccc3)cc2)c(C)c1. The van der Waals surface area contributed by atoms with Gasteiger partial charge in [-0.25, -0.2) is 8.42 Å². The number of aryl methyl sites for hydroxylation is 3. The highest BCUT2D eigenvalue weighted by molar-refractivity contribution is 7.92. The van der Waals surface area contributed by atoms with Crippen LogP contribution in [0.4, 0.5) is 11.4 Å². The molecule has 0 aliphatic carbocycles. The highest BCUT2D eigenvalue weighted by atomic mass is 32.2. The molecule has 0 aliphatic rings. The van der Waals surface area contributed by atoms with Crippen LogP contribution in [0.25, 0.3) is 0 Å². The van der Waals surface area contributed by atoms with E-state index in [1.54, 1.807) is 54.6 Å². The summed E-state index contributed by atoms with van der Waals surface area (Å²) in [7, 11) is -2.11. The summed E-state index contributed by atoms with van der Waals surface area (Å²) < 4.78 is 26.7. The van der Waals surface area contributed by atoms with Crippen LogP contribution in [0.5, 0.6) is 0 Å². The number of rotatable bonds is 6. The average Bonchev–Trinajstić information content (AvgIpc) is 2.71. The summed E-state index contributed by atoms with van der Waals surface area (Å²) >= 11 is 0. The number of carbonyl (C=O) groups excluding carboxylic acids is 1. The van der Waals surface area contributed by atoms with Crippen LogP contribution < -0.4 is 9.62 Å². The number of benzene rings is 3. The van der Waals surface area contributed by atoms with Gasteiger partial charge in [-0.05, 0) is 61.7 Å². The first-order valence-corrected chi connectivity index (χ1v) is 11.1. The van der Waals surface area contributed by atoms with Crippen LogP contribution in [-0.4, -0.2) is 21.4 Å². The first-order chi connectivity index (χ1) is 14.2. The fraction of sp³-hybridized carbons (Fsp3) is 0.208. The predicted molar refractivity (Wildman–Crippen MR) is 121 cm³/mol. The van der Waals surface area contributed by atoms with Crippen LogP contribution in [0.2, 0.25) is 0 Å². The minimum atomic E-state index is -3.63. The summed E-state index contributed by atoms with van der Waals surface area (Å²) in [6.07, 6.45) is 0.211. The van der Waals surface area contributed by atoms with E-state index in [2.05, 4.69) is 5.32 Å². The van der Waals surface area contributed by atoms with Crippen LogP contribution in [-0.2, 0) is 21.2 Å². The molecule has 30 heavy (non-hydrogen) atoms. The topological polar surface area (TPSA) is 66.5 Å². The third-order valence-electron chi connectivity index (χ3n) is 5.01. The van der Waals surface area contributed by atoms with E-state index in [-0.39, 0.29) is 17.2 Å². The number of amides is 1. The van der Waals surface area contributed by atoms with Gasteiger partial charge >= 0.3 is 0 Å². The molecule has 0 aromatic heterocycles. The fourth-order valence-corrected chi connectivity index (χ4v) is 4.68. The van der Waals surface area contributed by atoms with E-state index >= 15 is 0 Å². The minimum absolute atomic E-state index is 0.108. The van der Waals surface area contributed by atoms with Gasteiger partial charge in [-0.15, -0.1) is 0 Å². The number of nitrogens with one attached hydrogen (secondary N) is 1. The zero-order valence-electron chi connectivity index (χ0n) is 17.6. The summed E-state index contributed by atoms with van der Waals surface area (Å²) in [5, 5.41) is 2.99. The molecule has 0 atom stereocenters. The van der Waals surface area contributed by atoms with Gasteiger partial charge in [0.1, 0.15) is 0 Å². The number of sulfonamides is 1. The zero-order valence-corrected chi connectivity index (χ0v) is 18.5. The van der Waals surface area contributed by atoms with E-state index in [1.807, 2.05) is 32.9 Å².